The van der Waals surface area contributed by atoms with Gasteiger partial charge in [0.2, 0.25) is 0 Å². The molecule has 0 saturated heterocycles. The fourth-order valence-corrected chi connectivity index (χ4v) is 2.24. The van der Waals surface area contributed by atoms with Gasteiger partial charge in [-0.3, -0.25) is 4.79 Å². The molecule has 5 nitrogen and oxygen atoms in total. The Morgan fingerprint density at radius 2 is 1.71 bits per heavy atom. The maximum absolute atomic E-state index is 12.5. The highest BCUT2D eigenvalue weighted by molar-refractivity contribution is 5.94. The van der Waals surface area contributed by atoms with E-state index in [1.807, 2.05) is 38.1 Å². The number of ether oxygens (including phenoxy) is 3. The highest BCUT2D eigenvalue weighted by Gasteiger charge is 2.19. The van der Waals surface area contributed by atoms with Gasteiger partial charge in [0.15, 0.2) is 17.6 Å². The summed E-state index contributed by atoms with van der Waals surface area (Å²) in [5.74, 6) is 1.64. The molecule has 0 aliphatic carbocycles. The Kier molecular flexibility index (Phi) is 6.07. The first-order valence-electron chi connectivity index (χ1n) is 7.83. The second-order valence-corrected chi connectivity index (χ2v) is 5.39. The number of hydrogen-bond acceptors (Lipinski definition) is 4. The molecule has 0 saturated carbocycles. The molecular weight excluding hydrogens is 306 g/mol. The van der Waals surface area contributed by atoms with E-state index in [1.54, 1.807) is 32.4 Å². The van der Waals surface area contributed by atoms with Crippen molar-refractivity contribution in [2.45, 2.75) is 26.4 Å². The number of nitrogens with one attached hydrogen (secondary N) is 1. The fourth-order valence-electron chi connectivity index (χ4n) is 2.24. The Balaban J connectivity index is 2.07. The van der Waals surface area contributed by atoms with Gasteiger partial charge in [-0.1, -0.05) is 24.6 Å². The molecule has 0 aliphatic heterocycles. The molecule has 0 spiro atoms. The lowest BCUT2D eigenvalue weighted by Crippen LogP contribution is -2.32. The van der Waals surface area contributed by atoms with Crippen LogP contribution in [-0.4, -0.2) is 26.2 Å². The zero-order valence-electron chi connectivity index (χ0n) is 14.5. The number of methoxy groups -OCH3 is 2. The molecule has 1 amide bonds. The predicted molar refractivity (Wildman–Crippen MR) is 94.1 cm³/mol. The number of carbonyl (C=O) groups is 1. The van der Waals surface area contributed by atoms with Crippen molar-refractivity contribution < 1.29 is 19.0 Å². The number of amides is 1. The molecule has 0 unspecified atom stereocenters. The minimum Gasteiger partial charge on any atom is -0.493 e. The van der Waals surface area contributed by atoms with Gasteiger partial charge in [0, 0.05) is 11.8 Å². The first kappa shape index (κ1) is 17.7. The molecule has 2 rings (SSSR count). The second kappa shape index (κ2) is 8.24. The van der Waals surface area contributed by atoms with Gasteiger partial charge in [-0.15, -0.1) is 0 Å². The lowest BCUT2D eigenvalue weighted by molar-refractivity contribution is -0.122. The van der Waals surface area contributed by atoms with Crippen LogP contribution < -0.4 is 19.5 Å². The van der Waals surface area contributed by atoms with Crippen LogP contribution in [0.2, 0.25) is 0 Å². The third kappa shape index (κ3) is 4.41. The average molecular weight is 329 g/mol. The Bertz CT molecular complexity index is 682. The molecule has 0 aliphatic rings. The van der Waals surface area contributed by atoms with E-state index in [2.05, 4.69) is 5.32 Å². The smallest absolute Gasteiger partial charge is 0.265 e. The summed E-state index contributed by atoms with van der Waals surface area (Å²) in [4.78, 5) is 12.5. The van der Waals surface area contributed by atoms with E-state index < -0.39 is 6.10 Å². The molecule has 128 valence electrons. The Morgan fingerprint density at radius 3 is 2.29 bits per heavy atom. The van der Waals surface area contributed by atoms with Crippen LogP contribution in [0, 0.1) is 6.92 Å². The molecule has 0 heterocycles. The first-order valence-corrected chi connectivity index (χ1v) is 7.83. The number of anilines is 1. The summed E-state index contributed by atoms with van der Waals surface area (Å²) in [6.45, 7) is 3.91. The summed E-state index contributed by atoms with van der Waals surface area (Å²) in [6, 6.07) is 12.9. The molecule has 0 fully saturated rings. The average Bonchev–Trinajstić information content (AvgIpc) is 2.60. The normalized spacial score (nSPS) is 11.5. The topological polar surface area (TPSA) is 56.8 Å². The van der Waals surface area contributed by atoms with Crippen molar-refractivity contribution in [1.82, 2.24) is 0 Å². The summed E-state index contributed by atoms with van der Waals surface area (Å²) in [5, 5.41) is 2.85. The maximum Gasteiger partial charge on any atom is 0.265 e. The zero-order chi connectivity index (χ0) is 17.5. The molecule has 2 aromatic carbocycles. The zero-order valence-corrected chi connectivity index (χ0v) is 14.5. The van der Waals surface area contributed by atoms with Crippen LogP contribution in [0.4, 0.5) is 5.69 Å². The molecule has 1 atom stereocenters. The van der Waals surface area contributed by atoms with Crippen molar-refractivity contribution in [3.8, 4) is 17.2 Å². The van der Waals surface area contributed by atoms with Gasteiger partial charge in [0.1, 0.15) is 5.75 Å². The van der Waals surface area contributed by atoms with Crippen LogP contribution in [-0.2, 0) is 4.79 Å². The molecule has 1 N–H and O–H groups in total. The van der Waals surface area contributed by atoms with Gasteiger partial charge < -0.3 is 19.5 Å². The van der Waals surface area contributed by atoms with Crippen LogP contribution in [0.15, 0.2) is 42.5 Å². The van der Waals surface area contributed by atoms with Crippen LogP contribution in [0.3, 0.4) is 0 Å². The Labute approximate surface area is 142 Å². The molecule has 0 bridgehead atoms. The molecule has 24 heavy (non-hydrogen) atoms. The minimum absolute atomic E-state index is 0.203. The molecule has 0 aromatic heterocycles. The van der Waals surface area contributed by atoms with Crippen LogP contribution in [0.5, 0.6) is 17.2 Å². The summed E-state index contributed by atoms with van der Waals surface area (Å²) in [6.07, 6.45) is -0.00620. The number of rotatable bonds is 7. The largest absolute Gasteiger partial charge is 0.493 e. The highest BCUT2D eigenvalue weighted by atomic mass is 16.5. The van der Waals surface area contributed by atoms with Crippen LogP contribution in [0.1, 0.15) is 18.9 Å². The molecule has 0 radical (unpaired) electrons. The molecular formula is C19H23NO4. The lowest BCUT2D eigenvalue weighted by Gasteiger charge is -2.18. The highest BCUT2D eigenvalue weighted by Crippen LogP contribution is 2.29. The first-order chi connectivity index (χ1) is 11.6. The number of carbonyl (C=O) groups excluding carboxylic acids is 1. The summed E-state index contributed by atoms with van der Waals surface area (Å²) < 4.78 is 16.2. The van der Waals surface area contributed by atoms with Crippen molar-refractivity contribution in [2.75, 3.05) is 19.5 Å². The number of aryl methyl sites for hydroxylation is 1. The molecule has 5 heteroatoms. The lowest BCUT2D eigenvalue weighted by atomic mass is 10.2. The Hall–Kier alpha value is -2.69. The number of hydrogen-bond donors (Lipinski definition) is 1. The van der Waals surface area contributed by atoms with E-state index in [9.17, 15) is 4.79 Å². The van der Waals surface area contributed by atoms with Gasteiger partial charge >= 0.3 is 0 Å². The van der Waals surface area contributed by atoms with Gasteiger partial charge in [-0.25, -0.2) is 0 Å². The van der Waals surface area contributed by atoms with E-state index in [4.69, 9.17) is 14.2 Å². The van der Waals surface area contributed by atoms with E-state index in [1.165, 1.54) is 0 Å². The maximum atomic E-state index is 12.5. The third-order valence-corrected chi connectivity index (χ3v) is 3.61. The summed E-state index contributed by atoms with van der Waals surface area (Å²) >= 11 is 0. The quantitative estimate of drug-likeness (QED) is 0.839. The SMILES string of the molecule is CC[C@H](Oc1ccc(C)cc1)C(=O)Nc1ccc(OC)c(OC)c1. The van der Waals surface area contributed by atoms with E-state index in [0.29, 0.717) is 29.4 Å². The standard InChI is InChI=1S/C19H23NO4/c1-5-16(24-15-9-6-13(2)7-10-15)19(21)20-14-8-11-17(22-3)18(12-14)23-4/h6-12,16H,5H2,1-4H3,(H,20,21)/t16-/m0/s1. The third-order valence-electron chi connectivity index (χ3n) is 3.61. The van der Waals surface area contributed by atoms with E-state index in [0.717, 1.165) is 5.56 Å². The van der Waals surface area contributed by atoms with Crippen molar-refractivity contribution in [2.24, 2.45) is 0 Å². The monoisotopic (exact) mass is 329 g/mol. The van der Waals surface area contributed by atoms with Crippen molar-refractivity contribution in [3.05, 3.63) is 48.0 Å². The van der Waals surface area contributed by atoms with Gasteiger partial charge in [0.25, 0.3) is 5.91 Å². The van der Waals surface area contributed by atoms with Gasteiger partial charge in [-0.2, -0.15) is 0 Å². The summed E-state index contributed by atoms with van der Waals surface area (Å²) in [5.41, 5.74) is 1.77. The fraction of sp³-hybridized carbons (Fsp3) is 0.316. The van der Waals surface area contributed by atoms with Crippen LogP contribution in [0.25, 0.3) is 0 Å². The predicted octanol–water partition coefficient (Wildman–Crippen LogP) is 3.81. The van der Waals surface area contributed by atoms with E-state index >= 15 is 0 Å². The summed E-state index contributed by atoms with van der Waals surface area (Å²) in [7, 11) is 3.12. The van der Waals surface area contributed by atoms with Gasteiger partial charge in [0.05, 0.1) is 14.2 Å². The van der Waals surface area contributed by atoms with Crippen molar-refractivity contribution >= 4 is 11.6 Å². The van der Waals surface area contributed by atoms with Gasteiger partial charge in [-0.05, 0) is 37.6 Å². The Morgan fingerprint density at radius 1 is 1.04 bits per heavy atom. The second-order valence-electron chi connectivity index (χ2n) is 5.39. The minimum atomic E-state index is -0.569. The number of benzene rings is 2. The van der Waals surface area contributed by atoms with Crippen molar-refractivity contribution in [3.63, 3.8) is 0 Å². The van der Waals surface area contributed by atoms with Crippen molar-refractivity contribution in [1.29, 1.82) is 0 Å². The van der Waals surface area contributed by atoms with Crippen LogP contribution >= 0.6 is 0 Å². The van der Waals surface area contributed by atoms with E-state index in [-0.39, 0.29) is 5.91 Å². The molecule has 2 aromatic rings.